The molecule has 41 heavy (non-hydrogen) atoms. The van der Waals surface area contributed by atoms with Crippen molar-refractivity contribution in [2.75, 3.05) is 36.6 Å². The van der Waals surface area contributed by atoms with Crippen molar-refractivity contribution in [1.82, 2.24) is 30.2 Å². The van der Waals surface area contributed by atoms with E-state index in [2.05, 4.69) is 36.3 Å². The van der Waals surface area contributed by atoms with Gasteiger partial charge in [-0.3, -0.25) is 10.1 Å². The number of alkyl halides is 3. The van der Waals surface area contributed by atoms with Gasteiger partial charge in [0, 0.05) is 56.7 Å². The fourth-order valence-corrected chi connectivity index (χ4v) is 4.22. The number of aromatic nitrogens is 4. The van der Waals surface area contributed by atoms with E-state index in [0.29, 0.717) is 30.8 Å². The number of urea groups is 1. The number of fused-ring (bicyclic) bond motifs is 1. The van der Waals surface area contributed by atoms with Gasteiger partial charge in [0.1, 0.15) is 17.7 Å². The molecular weight excluding hydrogens is 543 g/mol. The molecule has 15 heteroatoms. The van der Waals surface area contributed by atoms with Gasteiger partial charge in [0.25, 0.3) is 0 Å². The summed E-state index contributed by atoms with van der Waals surface area (Å²) in [5, 5.41) is 15.3. The Morgan fingerprint density at radius 1 is 1.07 bits per heavy atom. The standard InChI is InChI=1S/C26H28F3N9O3/c1-15(39)32-10-9-31-12-20-19(13-41-2)22(23-24(30)34-14-35-38(20)23)16-3-5-18(6-4-16)36-25(40)37-21-11-17(7-8-33-21)26(27,28)29/h3-8,11,14,31H,9-10,12-13H2,1-2H3,(H,32,39)(H2,30,34,35)(H2,33,36,37,40). The highest BCUT2D eigenvalue weighted by atomic mass is 19.4. The maximum Gasteiger partial charge on any atom is 0.416 e. The van der Waals surface area contributed by atoms with Crippen LogP contribution in [0.4, 0.5) is 35.3 Å². The third kappa shape index (κ3) is 7.06. The van der Waals surface area contributed by atoms with E-state index in [-0.39, 0.29) is 24.1 Å². The molecule has 1 aromatic carbocycles. The van der Waals surface area contributed by atoms with Crippen LogP contribution in [0, 0.1) is 0 Å². The maximum absolute atomic E-state index is 13.0. The van der Waals surface area contributed by atoms with Crippen LogP contribution in [0.15, 0.2) is 48.9 Å². The number of carbonyl (C=O) groups is 2. The Hall–Kier alpha value is -4.76. The van der Waals surface area contributed by atoms with Crippen LogP contribution < -0.4 is 27.0 Å². The van der Waals surface area contributed by atoms with Crippen molar-refractivity contribution in [2.45, 2.75) is 26.3 Å². The molecule has 0 fully saturated rings. The number of methoxy groups -OCH3 is 1. The van der Waals surface area contributed by atoms with Gasteiger partial charge in [0.2, 0.25) is 5.91 Å². The lowest BCUT2D eigenvalue weighted by molar-refractivity contribution is -0.137. The molecule has 4 rings (SSSR count). The predicted molar refractivity (Wildman–Crippen MR) is 146 cm³/mol. The number of anilines is 3. The average Bonchev–Trinajstić information content (AvgIpc) is 3.23. The summed E-state index contributed by atoms with van der Waals surface area (Å²) in [5.74, 6) is -0.107. The molecule has 0 unspecified atom stereocenters. The number of carbonyl (C=O) groups excluding carboxylic acids is 2. The van der Waals surface area contributed by atoms with Gasteiger partial charge >= 0.3 is 12.2 Å². The monoisotopic (exact) mass is 571 g/mol. The molecule has 0 radical (unpaired) electrons. The van der Waals surface area contributed by atoms with E-state index in [0.717, 1.165) is 40.7 Å². The number of nitrogens with one attached hydrogen (secondary N) is 4. The highest BCUT2D eigenvalue weighted by Crippen LogP contribution is 2.36. The number of pyridine rings is 1. The van der Waals surface area contributed by atoms with Crippen molar-refractivity contribution in [3.8, 4) is 11.1 Å². The zero-order chi connectivity index (χ0) is 29.6. The molecule has 0 saturated carbocycles. The molecule has 0 aliphatic rings. The molecule has 3 heterocycles. The molecule has 0 saturated heterocycles. The summed E-state index contributed by atoms with van der Waals surface area (Å²) >= 11 is 0. The fourth-order valence-electron chi connectivity index (χ4n) is 4.22. The molecule has 0 bridgehead atoms. The predicted octanol–water partition coefficient (Wildman–Crippen LogP) is 3.41. The summed E-state index contributed by atoms with van der Waals surface area (Å²) in [6.07, 6.45) is -2.24. The zero-order valence-electron chi connectivity index (χ0n) is 22.2. The zero-order valence-corrected chi connectivity index (χ0v) is 22.2. The smallest absolute Gasteiger partial charge is 0.382 e. The normalized spacial score (nSPS) is 11.4. The van der Waals surface area contributed by atoms with E-state index in [1.807, 2.05) is 0 Å². The third-order valence-corrected chi connectivity index (χ3v) is 5.98. The minimum Gasteiger partial charge on any atom is -0.382 e. The van der Waals surface area contributed by atoms with Gasteiger partial charge in [-0.15, -0.1) is 0 Å². The SMILES string of the molecule is COCc1c(-c2ccc(NC(=O)Nc3cc(C(F)(F)F)ccn3)cc2)c2c(N)ncnn2c1CNCCNC(C)=O. The number of nitrogens with two attached hydrogens (primary N) is 1. The average molecular weight is 572 g/mol. The Balaban J connectivity index is 1.57. The van der Waals surface area contributed by atoms with Gasteiger partial charge in [-0.05, 0) is 29.8 Å². The largest absolute Gasteiger partial charge is 0.416 e. The van der Waals surface area contributed by atoms with Crippen molar-refractivity contribution in [2.24, 2.45) is 0 Å². The molecular formula is C26H28F3N9O3. The number of halogens is 3. The van der Waals surface area contributed by atoms with Gasteiger partial charge < -0.3 is 26.4 Å². The topological polar surface area (TPSA) is 161 Å². The molecule has 6 N–H and O–H groups in total. The fraction of sp³-hybridized carbons (Fsp3) is 0.269. The van der Waals surface area contributed by atoms with Crippen LogP contribution in [0.3, 0.4) is 0 Å². The summed E-state index contributed by atoms with van der Waals surface area (Å²) < 4.78 is 46.0. The second kappa shape index (κ2) is 12.6. The van der Waals surface area contributed by atoms with Crippen LogP contribution in [0.5, 0.6) is 0 Å². The van der Waals surface area contributed by atoms with Crippen molar-refractivity contribution >= 4 is 34.8 Å². The first kappa shape index (κ1) is 29.2. The Morgan fingerprint density at radius 3 is 2.51 bits per heavy atom. The number of nitrogen functional groups attached to an aromatic ring is 1. The molecule has 0 aliphatic carbocycles. The van der Waals surface area contributed by atoms with Crippen molar-refractivity contribution < 1.29 is 27.5 Å². The number of hydrogen-bond acceptors (Lipinski definition) is 8. The lowest BCUT2D eigenvalue weighted by Gasteiger charge is -2.11. The number of amides is 3. The summed E-state index contributed by atoms with van der Waals surface area (Å²) in [5.41, 5.74) is 9.40. The van der Waals surface area contributed by atoms with E-state index in [1.54, 1.807) is 35.9 Å². The van der Waals surface area contributed by atoms with E-state index < -0.39 is 17.8 Å². The first-order chi connectivity index (χ1) is 19.6. The van der Waals surface area contributed by atoms with E-state index in [4.69, 9.17) is 10.5 Å². The quantitative estimate of drug-likeness (QED) is 0.181. The van der Waals surface area contributed by atoms with Gasteiger partial charge in [-0.25, -0.2) is 19.3 Å². The summed E-state index contributed by atoms with van der Waals surface area (Å²) in [6, 6.07) is 7.59. The Labute approximate surface area is 232 Å². The van der Waals surface area contributed by atoms with Crippen LogP contribution in [0.1, 0.15) is 23.7 Å². The molecule has 4 aromatic rings. The Morgan fingerprint density at radius 2 is 1.83 bits per heavy atom. The van der Waals surface area contributed by atoms with Crippen LogP contribution in [-0.4, -0.2) is 51.7 Å². The summed E-state index contributed by atoms with van der Waals surface area (Å²) in [7, 11) is 1.57. The second-order valence-electron chi connectivity index (χ2n) is 8.88. The number of ether oxygens (including phenoxy) is 1. The Kier molecular flexibility index (Phi) is 8.99. The first-order valence-corrected chi connectivity index (χ1v) is 12.4. The number of benzene rings is 1. The number of hydrogen-bond donors (Lipinski definition) is 5. The van der Waals surface area contributed by atoms with Crippen molar-refractivity contribution in [3.05, 3.63) is 65.7 Å². The van der Waals surface area contributed by atoms with Gasteiger partial charge in [0.15, 0.2) is 5.82 Å². The van der Waals surface area contributed by atoms with Gasteiger partial charge in [-0.2, -0.15) is 18.3 Å². The number of rotatable bonds is 10. The van der Waals surface area contributed by atoms with Gasteiger partial charge in [0.05, 0.1) is 17.9 Å². The minimum absolute atomic E-state index is 0.120. The molecule has 0 spiro atoms. The van der Waals surface area contributed by atoms with Crippen LogP contribution in [0.2, 0.25) is 0 Å². The molecule has 0 atom stereocenters. The molecule has 0 aliphatic heterocycles. The Bertz CT molecular complexity index is 1540. The van der Waals surface area contributed by atoms with Crippen LogP contribution in [0.25, 0.3) is 16.6 Å². The van der Waals surface area contributed by atoms with Crippen molar-refractivity contribution in [1.29, 1.82) is 0 Å². The van der Waals surface area contributed by atoms with E-state index >= 15 is 0 Å². The number of nitrogens with zero attached hydrogens (tertiary/aromatic N) is 4. The van der Waals surface area contributed by atoms with Crippen LogP contribution in [-0.2, 0) is 28.9 Å². The first-order valence-electron chi connectivity index (χ1n) is 12.4. The molecule has 3 amide bonds. The second-order valence-corrected chi connectivity index (χ2v) is 8.88. The van der Waals surface area contributed by atoms with E-state index in [1.165, 1.54) is 13.3 Å². The lowest BCUT2D eigenvalue weighted by Crippen LogP contribution is -2.30. The van der Waals surface area contributed by atoms with Crippen molar-refractivity contribution in [3.63, 3.8) is 0 Å². The molecule has 216 valence electrons. The molecule has 3 aromatic heterocycles. The maximum atomic E-state index is 13.0. The highest BCUT2D eigenvalue weighted by molar-refractivity contribution is 5.99. The van der Waals surface area contributed by atoms with E-state index in [9.17, 15) is 22.8 Å². The van der Waals surface area contributed by atoms with Crippen LogP contribution >= 0.6 is 0 Å². The van der Waals surface area contributed by atoms with Gasteiger partial charge in [-0.1, -0.05) is 12.1 Å². The summed E-state index contributed by atoms with van der Waals surface area (Å²) in [4.78, 5) is 31.5. The third-order valence-electron chi connectivity index (χ3n) is 5.98. The highest BCUT2D eigenvalue weighted by Gasteiger charge is 2.31. The summed E-state index contributed by atoms with van der Waals surface area (Å²) in [6.45, 7) is 3.07. The minimum atomic E-state index is -4.56. The molecule has 12 nitrogen and oxygen atoms in total. The lowest BCUT2D eigenvalue weighted by atomic mass is 10.0.